The van der Waals surface area contributed by atoms with Crippen molar-refractivity contribution in [3.63, 3.8) is 0 Å². The van der Waals surface area contributed by atoms with Gasteiger partial charge in [0.1, 0.15) is 5.82 Å². The predicted molar refractivity (Wildman–Crippen MR) is 99.2 cm³/mol. The molecule has 1 N–H and O–H groups in total. The Morgan fingerprint density at radius 2 is 2.28 bits per heavy atom. The number of carbonyl (C=O) groups excluding carboxylic acids is 1. The van der Waals surface area contributed by atoms with Crippen LogP contribution >= 0.6 is 23.4 Å². The van der Waals surface area contributed by atoms with Crippen molar-refractivity contribution in [3.8, 4) is 0 Å². The molecule has 8 heteroatoms. The zero-order valence-electron chi connectivity index (χ0n) is 14.1. The van der Waals surface area contributed by atoms with Crippen LogP contribution in [0.4, 0.5) is 5.69 Å². The Balaban J connectivity index is 1.61. The topological polar surface area (TPSA) is 69.0 Å². The van der Waals surface area contributed by atoms with Gasteiger partial charge in [-0.15, -0.1) is 10.2 Å². The van der Waals surface area contributed by atoms with Crippen molar-refractivity contribution < 1.29 is 9.53 Å². The summed E-state index contributed by atoms with van der Waals surface area (Å²) in [5.41, 5.74) is 0.616. The molecule has 2 aromatic rings. The highest BCUT2D eigenvalue weighted by Crippen LogP contribution is 2.23. The SMILES string of the molecule is CCc1nnc(SCC(=O)Nc2ccccc2Cl)n1CC1CCCO1. The van der Waals surface area contributed by atoms with Crippen LogP contribution in [0, 0.1) is 0 Å². The molecule has 2 heterocycles. The van der Waals surface area contributed by atoms with Gasteiger partial charge in [-0.05, 0) is 25.0 Å². The van der Waals surface area contributed by atoms with Gasteiger partial charge in [0.05, 0.1) is 29.1 Å². The Morgan fingerprint density at radius 3 is 3.00 bits per heavy atom. The van der Waals surface area contributed by atoms with Gasteiger partial charge in [0.25, 0.3) is 0 Å². The summed E-state index contributed by atoms with van der Waals surface area (Å²) in [4.78, 5) is 12.2. The maximum absolute atomic E-state index is 12.2. The van der Waals surface area contributed by atoms with Gasteiger partial charge < -0.3 is 14.6 Å². The predicted octanol–water partition coefficient (Wildman–Crippen LogP) is 3.40. The number of thioether (sulfide) groups is 1. The molecule has 1 unspecified atom stereocenters. The Kier molecular flexibility index (Phi) is 6.34. The molecule has 134 valence electrons. The molecule has 6 nitrogen and oxygen atoms in total. The number of carbonyl (C=O) groups is 1. The van der Waals surface area contributed by atoms with Crippen LogP contribution in [0.5, 0.6) is 0 Å². The van der Waals surface area contributed by atoms with Crippen LogP contribution in [0.1, 0.15) is 25.6 Å². The molecule has 1 atom stereocenters. The molecule has 1 aliphatic heterocycles. The van der Waals surface area contributed by atoms with Gasteiger partial charge >= 0.3 is 0 Å². The van der Waals surface area contributed by atoms with Crippen LogP contribution in [0.2, 0.25) is 5.02 Å². The van der Waals surface area contributed by atoms with Gasteiger partial charge in [-0.3, -0.25) is 4.79 Å². The van der Waals surface area contributed by atoms with E-state index in [0.29, 0.717) is 10.7 Å². The number of nitrogens with one attached hydrogen (secondary N) is 1. The molecule has 0 spiro atoms. The second-order valence-corrected chi connectivity index (χ2v) is 7.16. The number of halogens is 1. The van der Waals surface area contributed by atoms with E-state index >= 15 is 0 Å². The normalized spacial score (nSPS) is 17.0. The molecule has 25 heavy (non-hydrogen) atoms. The lowest BCUT2D eigenvalue weighted by molar-refractivity contribution is -0.113. The fraction of sp³-hybridized carbons (Fsp3) is 0.471. The van der Waals surface area contributed by atoms with E-state index in [-0.39, 0.29) is 17.8 Å². The molecule has 1 amide bonds. The molecule has 1 fully saturated rings. The first-order chi connectivity index (χ1) is 12.2. The van der Waals surface area contributed by atoms with Crippen molar-refractivity contribution in [3.05, 3.63) is 35.1 Å². The van der Waals surface area contributed by atoms with Gasteiger partial charge in [-0.1, -0.05) is 42.4 Å². The number of rotatable bonds is 7. The Labute approximate surface area is 156 Å². The second kappa shape index (κ2) is 8.69. The van der Waals surface area contributed by atoms with E-state index in [1.807, 2.05) is 12.1 Å². The summed E-state index contributed by atoms with van der Waals surface area (Å²) >= 11 is 7.44. The van der Waals surface area contributed by atoms with E-state index in [2.05, 4.69) is 27.0 Å². The fourth-order valence-corrected chi connectivity index (χ4v) is 3.69. The summed E-state index contributed by atoms with van der Waals surface area (Å²) in [5.74, 6) is 1.05. The first kappa shape index (κ1) is 18.2. The van der Waals surface area contributed by atoms with Crippen molar-refractivity contribution >= 4 is 35.0 Å². The number of ether oxygens (including phenoxy) is 1. The molecule has 1 saturated heterocycles. The highest BCUT2D eigenvalue weighted by molar-refractivity contribution is 7.99. The van der Waals surface area contributed by atoms with E-state index in [1.54, 1.807) is 12.1 Å². The highest BCUT2D eigenvalue weighted by Gasteiger charge is 2.21. The smallest absolute Gasteiger partial charge is 0.234 e. The van der Waals surface area contributed by atoms with Crippen LogP contribution in [0.15, 0.2) is 29.4 Å². The van der Waals surface area contributed by atoms with Crippen molar-refractivity contribution in [1.29, 1.82) is 0 Å². The standard InChI is InChI=1S/C17H21ClN4O2S/c1-2-15-20-21-17(22(15)10-12-6-5-9-24-12)25-11-16(23)19-14-8-4-3-7-13(14)18/h3-4,7-8,12H,2,5-6,9-11H2,1H3,(H,19,23). The average Bonchev–Trinajstić information content (AvgIpc) is 3.25. The average molecular weight is 381 g/mol. The van der Waals surface area contributed by atoms with E-state index in [9.17, 15) is 4.79 Å². The van der Waals surface area contributed by atoms with Crippen LogP contribution < -0.4 is 5.32 Å². The zero-order chi connectivity index (χ0) is 17.6. The van der Waals surface area contributed by atoms with Gasteiger partial charge in [-0.2, -0.15) is 0 Å². The lowest BCUT2D eigenvalue weighted by Crippen LogP contribution is -2.19. The molecule has 1 aliphatic rings. The number of hydrogen-bond donors (Lipinski definition) is 1. The summed E-state index contributed by atoms with van der Waals surface area (Å²) in [5, 5.41) is 12.6. The number of anilines is 1. The van der Waals surface area contributed by atoms with Gasteiger partial charge in [0, 0.05) is 13.0 Å². The molecular weight excluding hydrogens is 360 g/mol. The molecule has 0 radical (unpaired) electrons. The molecule has 0 saturated carbocycles. The third-order valence-corrected chi connectivity index (χ3v) is 5.30. The van der Waals surface area contributed by atoms with Crippen LogP contribution in [-0.4, -0.2) is 39.1 Å². The number of benzene rings is 1. The molecule has 1 aromatic carbocycles. The van der Waals surface area contributed by atoms with Crippen LogP contribution in [-0.2, 0) is 22.5 Å². The first-order valence-corrected chi connectivity index (χ1v) is 9.74. The molecule has 1 aromatic heterocycles. The van der Waals surface area contributed by atoms with E-state index in [0.717, 1.165) is 43.4 Å². The summed E-state index contributed by atoms with van der Waals surface area (Å²) in [7, 11) is 0. The fourth-order valence-electron chi connectivity index (χ4n) is 2.74. The third kappa shape index (κ3) is 4.74. The largest absolute Gasteiger partial charge is 0.376 e. The summed E-state index contributed by atoms with van der Waals surface area (Å²) in [6, 6.07) is 7.18. The van der Waals surface area contributed by atoms with Gasteiger partial charge in [-0.25, -0.2) is 0 Å². The Bertz CT molecular complexity index is 731. The lowest BCUT2D eigenvalue weighted by atomic mass is 10.2. The van der Waals surface area contributed by atoms with E-state index in [1.165, 1.54) is 11.8 Å². The molecule has 0 bridgehead atoms. The number of amides is 1. The van der Waals surface area contributed by atoms with Crippen LogP contribution in [0.25, 0.3) is 0 Å². The number of aromatic nitrogens is 3. The van der Waals surface area contributed by atoms with Crippen molar-refractivity contribution in [2.24, 2.45) is 0 Å². The van der Waals surface area contributed by atoms with Crippen molar-refractivity contribution in [1.82, 2.24) is 14.8 Å². The number of hydrogen-bond acceptors (Lipinski definition) is 5. The number of aryl methyl sites for hydroxylation is 1. The van der Waals surface area contributed by atoms with E-state index < -0.39 is 0 Å². The summed E-state index contributed by atoms with van der Waals surface area (Å²) in [6.45, 7) is 3.61. The number of nitrogens with zero attached hydrogens (tertiary/aromatic N) is 3. The van der Waals surface area contributed by atoms with E-state index in [4.69, 9.17) is 16.3 Å². The van der Waals surface area contributed by atoms with Gasteiger partial charge in [0.15, 0.2) is 5.16 Å². The minimum absolute atomic E-state index is 0.122. The van der Waals surface area contributed by atoms with Crippen molar-refractivity contribution in [2.75, 3.05) is 17.7 Å². The minimum Gasteiger partial charge on any atom is -0.376 e. The maximum Gasteiger partial charge on any atom is 0.234 e. The second-order valence-electron chi connectivity index (χ2n) is 5.81. The van der Waals surface area contributed by atoms with Crippen molar-refractivity contribution in [2.45, 2.75) is 44.0 Å². The molecule has 3 rings (SSSR count). The Hall–Kier alpha value is -1.57. The number of para-hydroxylation sites is 1. The highest BCUT2D eigenvalue weighted by atomic mass is 35.5. The zero-order valence-corrected chi connectivity index (χ0v) is 15.6. The lowest BCUT2D eigenvalue weighted by Gasteiger charge is -2.14. The van der Waals surface area contributed by atoms with Gasteiger partial charge in [0.2, 0.25) is 5.91 Å². The summed E-state index contributed by atoms with van der Waals surface area (Å²) < 4.78 is 7.79. The first-order valence-electron chi connectivity index (χ1n) is 8.38. The monoisotopic (exact) mass is 380 g/mol. The maximum atomic E-state index is 12.2. The summed E-state index contributed by atoms with van der Waals surface area (Å²) in [6.07, 6.45) is 3.15. The third-order valence-electron chi connectivity index (χ3n) is 4.00. The Morgan fingerprint density at radius 1 is 1.44 bits per heavy atom. The quantitative estimate of drug-likeness (QED) is 0.745. The molecular formula is C17H21ClN4O2S. The minimum atomic E-state index is -0.122. The molecule has 0 aliphatic carbocycles. The van der Waals surface area contributed by atoms with Crippen LogP contribution in [0.3, 0.4) is 0 Å².